The first-order chi connectivity index (χ1) is 46.2. The predicted molar refractivity (Wildman–Crippen MR) is 405 cm³/mol. The first-order valence-corrected chi connectivity index (χ1v) is 39.6. The van der Waals surface area contributed by atoms with Crippen molar-refractivity contribution in [3.8, 4) is 5.75 Å². The van der Waals surface area contributed by atoms with E-state index in [-0.39, 0.29) is 64.0 Å². The molecule has 0 aliphatic carbocycles. The van der Waals surface area contributed by atoms with Crippen LogP contribution in [-0.4, -0.2) is 104 Å². The van der Waals surface area contributed by atoms with Crippen LogP contribution in [0.5, 0.6) is 5.75 Å². The van der Waals surface area contributed by atoms with E-state index in [2.05, 4.69) is 93.2 Å². The quantitative estimate of drug-likeness (QED) is 0.0104. The Labute approximate surface area is 626 Å². The zero-order valence-corrected chi connectivity index (χ0v) is 66.6. The molecule has 0 saturated carbocycles. The lowest BCUT2D eigenvalue weighted by molar-refractivity contribution is -0.138. The van der Waals surface area contributed by atoms with Gasteiger partial charge in [0, 0.05) is 50.0 Å². The van der Waals surface area contributed by atoms with Crippen LogP contribution in [0.15, 0.2) is 103 Å². The molecule has 0 amide bonds. The molecule has 0 fully saturated rings. The van der Waals surface area contributed by atoms with Crippen molar-refractivity contribution >= 4 is 138 Å². The maximum absolute atomic E-state index is 12.3. The number of hydrogen-bond acceptors (Lipinski definition) is 10. The molecule has 0 aliphatic rings. The lowest BCUT2D eigenvalue weighted by Crippen LogP contribution is -2.11. The Hall–Kier alpha value is -4.44. The number of carboxylic acids is 6. The number of ketones is 1. The largest absolute Gasteiger partial charge is 0.494 e. The Bertz CT molecular complexity index is 2960. The second-order valence-corrected chi connectivity index (χ2v) is 32.2. The minimum absolute atomic E-state index is 0.0104. The molecular weight excluding hydrogens is 1670 g/mol. The molecular formula is C73H104Br4F3IO16S. The highest BCUT2D eigenvalue weighted by Crippen LogP contribution is 2.34. The molecule has 4 rings (SSSR count). The number of carbonyl (C=O) groups excluding carboxylic acids is 1. The Kier molecular flexibility index (Phi) is 56.7. The normalized spacial score (nSPS) is 10.9. The molecule has 0 spiro atoms. The van der Waals surface area contributed by atoms with Gasteiger partial charge in [-0.05, 0) is 153 Å². The van der Waals surface area contributed by atoms with Gasteiger partial charge in [-0.15, -0.1) is 0 Å². The van der Waals surface area contributed by atoms with Gasteiger partial charge in [-0.25, -0.2) is 22.8 Å². The molecule has 0 atom stereocenters. The van der Waals surface area contributed by atoms with Crippen LogP contribution >= 0.6 is 86.3 Å². The second kappa shape index (κ2) is 58.1. The SMILES string of the molecule is CC(C)(Br)CCC(=O)O.CCCCCCCCCCCCCCCCS(=O)(=O)c1ccc(C(=O)O)cc1.COc1c(Br)cc(C(=O)O)cc1Br.O=C(O)CCCC(=O)c1ccc(Br)cc1.O=C(O)CCCCCCCCCCCCCCCCC(F)(F)F.O=C(O)c1cccc(I)c1. The van der Waals surface area contributed by atoms with E-state index in [4.69, 9.17) is 35.4 Å². The molecule has 0 bridgehead atoms. The monoisotopic (exact) mass is 1770 g/mol. The highest BCUT2D eigenvalue weighted by Gasteiger charge is 2.26. The third kappa shape index (κ3) is 57.2. The van der Waals surface area contributed by atoms with E-state index in [1.165, 1.54) is 153 Å². The van der Waals surface area contributed by atoms with Crippen LogP contribution in [0, 0.1) is 3.57 Å². The molecule has 0 saturated heterocycles. The number of rotatable bonds is 44. The fourth-order valence-corrected chi connectivity index (χ4v) is 13.1. The maximum atomic E-state index is 12.3. The highest BCUT2D eigenvalue weighted by atomic mass is 127. The summed E-state index contributed by atoms with van der Waals surface area (Å²) in [6.07, 6.45) is 28.9. The number of carboxylic acid groups (broad SMARTS) is 6. The summed E-state index contributed by atoms with van der Waals surface area (Å²) in [6, 6.07) is 22.3. The summed E-state index contributed by atoms with van der Waals surface area (Å²) in [7, 11) is -1.79. The van der Waals surface area contributed by atoms with Crippen LogP contribution in [0.3, 0.4) is 0 Å². The summed E-state index contributed by atoms with van der Waals surface area (Å²) in [5.74, 6) is -4.48. The molecule has 6 N–H and O–H groups in total. The Morgan fingerprint density at radius 3 is 1.17 bits per heavy atom. The van der Waals surface area contributed by atoms with E-state index in [9.17, 15) is 55.2 Å². The van der Waals surface area contributed by atoms with Gasteiger partial charge in [0.1, 0.15) is 5.75 Å². The van der Waals surface area contributed by atoms with Gasteiger partial charge >= 0.3 is 42.0 Å². The third-order valence-electron chi connectivity index (χ3n) is 14.7. The van der Waals surface area contributed by atoms with Gasteiger partial charge in [-0.1, -0.05) is 231 Å². The van der Waals surface area contributed by atoms with Gasteiger partial charge in [-0.3, -0.25) is 19.2 Å². The summed E-state index contributed by atoms with van der Waals surface area (Å²) >= 11 is 15.1. The van der Waals surface area contributed by atoms with Crippen molar-refractivity contribution < 1.29 is 90.5 Å². The number of methoxy groups -OCH3 is 1. The molecule has 0 radical (unpaired) electrons. The van der Waals surface area contributed by atoms with Crippen LogP contribution in [0.4, 0.5) is 13.2 Å². The third-order valence-corrected chi connectivity index (χ3v) is 19.3. The summed E-state index contributed by atoms with van der Waals surface area (Å²) in [5, 5.41) is 51.3. The van der Waals surface area contributed by atoms with Gasteiger partial charge in [0.25, 0.3) is 0 Å². The number of aliphatic carboxylic acids is 3. The molecule has 98 heavy (non-hydrogen) atoms. The average molecular weight is 1770 g/mol. The van der Waals surface area contributed by atoms with Crippen LogP contribution in [0.1, 0.15) is 287 Å². The smallest absolute Gasteiger partial charge is 0.389 e. The predicted octanol–water partition coefficient (Wildman–Crippen LogP) is 23.3. The molecule has 4 aromatic carbocycles. The standard InChI is InChI=1S/C23H38O4S.C18H33F3O2.C11H11BrO3.C8H6Br2O3.C7H5IO2.C6H11BrO2/c1-2-3-4-5-6-7-8-9-10-11-12-13-14-15-20-28(26,27)22-18-16-21(17-19-22)23(24)25;19-18(20,21)16-14-12-10-8-6-4-2-1-3-5-7-9-11-13-15-17(22)23;12-9-6-4-8(5-7-9)10(13)2-1-3-11(14)15;1-13-7-5(9)2-4(8(11)12)3-6(7)10;8-6-3-1-2-5(4-6)7(9)10;1-6(2,7)4-3-5(8)9/h16-19H,2-15,20H2,1H3,(H,24,25);1-16H2,(H,22,23);4-7H,1-3H2,(H,14,15);2-3H,1H3,(H,11,12);1-4H,(H,9,10);3-4H2,1-2H3,(H,8,9). The number of alkyl halides is 4. The number of Topliss-reactive ketones (excluding diaryl/α,β-unsaturated/α-hetero) is 1. The Balaban J connectivity index is 0. The van der Waals surface area contributed by atoms with E-state index in [0.29, 0.717) is 51.5 Å². The van der Waals surface area contributed by atoms with Crippen LogP contribution in [0.2, 0.25) is 0 Å². The Morgan fingerprint density at radius 1 is 0.449 bits per heavy atom. The van der Waals surface area contributed by atoms with Crippen LogP contribution in [0.25, 0.3) is 0 Å². The summed E-state index contributed by atoms with van der Waals surface area (Å²) in [4.78, 5) is 74.1. The number of unbranched alkanes of at least 4 members (excludes halogenated alkanes) is 26. The number of hydrogen-bond donors (Lipinski definition) is 6. The number of halogens is 8. The number of sulfone groups is 1. The van der Waals surface area contributed by atoms with Gasteiger partial charge in [0.2, 0.25) is 0 Å². The van der Waals surface area contributed by atoms with Crippen molar-refractivity contribution in [1.29, 1.82) is 0 Å². The van der Waals surface area contributed by atoms with E-state index < -0.39 is 58.3 Å². The fraction of sp³-hybridized carbons (Fsp3) is 0.575. The van der Waals surface area contributed by atoms with Crippen molar-refractivity contribution in [2.24, 2.45) is 0 Å². The minimum Gasteiger partial charge on any atom is -0.494 e. The number of carbonyl (C=O) groups is 7. The minimum atomic E-state index is -3.99. The summed E-state index contributed by atoms with van der Waals surface area (Å²) in [6.45, 7) is 6.16. The maximum Gasteiger partial charge on any atom is 0.389 e. The number of ether oxygens (including phenoxy) is 1. The lowest BCUT2D eigenvalue weighted by Gasteiger charge is -2.12. The van der Waals surface area contributed by atoms with Crippen molar-refractivity contribution in [3.05, 3.63) is 124 Å². The molecule has 25 heteroatoms. The molecule has 0 heterocycles. The van der Waals surface area contributed by atoms with Crippen molar-refractivity contribution in [1.82, 2.24) is 0 Å². The van der Waals surface area contributed by atoms with Crippen LogP contribution < -0.4 is 4.74 Å². The molecule has 16 nitrogen and oxygen atoms in total. The molecule has 4 aromatic rings. The van der Waals surface area contributed by atoms with Crippen molar-refractivity contribution in [2.45, 2.75) is 261 Å². The molecule has 0 aliphatic heterocycles. The van der Waals surface area contributed by atoms with Gasteiger partial charge < -0.3 is 35.4 Å². The van der Waals surface area contributed by atoms with Gasteiger partial charge in [-0.2, -0.15) is 13.2 Å². The fourth-order valence-electron chi connectivity index (χ4n) is 9.22. The van der Waals surface area contributed by atoms with Crippen LogP contribution in [-0.2, 0) is 24.2 Å². The first kappa shape index (κ1) is 95.6. The zero-order valence-electron chi connectivity index (χ0n) is 57.2. The summed E-state index contributed by atoms with van der Waals surface area (Å²) in [5.41, 5.74) is 1.28. The van der Waals surface area contributed by atoms with E-state index in [1.807, 2.05) is 19.9 Å². The topological polar surface area (TPSA) is 284 Å². The van der Waals surface area contributed by atoms with Gasteiger partial charge in [0.15, 0.2) is 15.6 Å². The highest BCUT2D eigenvalue weighted by molar-refractivity contribution is 14.1. The van der Waals surface area contributed by atoms with Gasteiger partial charge in [0.05, 0.1) is 43.4 Å². The zero-order chi connectivity index (χ0) is 74.4. The molecule has 554 valence electrons. The molecule has 0 aromatic heterocycles. The van der Waals surface area contributed by atoms with Crippen molar-refractivity contribution in [2.75, 3.05) is 12.9 Å². The second-order valence-electron chi connectivity index (χ2n) is 24.1. The molecule has 0 unspecified atom stereocenters. The van der Waals surface area contributed by atoms with E-state index >= 15 is 0 Å². The van der Waals surface area contributed by atoms with Crippen molar-refractivity contribution in [3.63, 3.8) is 0 Å². The average Bonchev–Trinajstić information content (AvgIpc) is 0.857. The van der Waals surface area contributed by atoms with E-state index in [1.54, 1.807) is 42.5 Å². The number of aromatic carboxylic acids is 3. The summed E-state index contributed by atoms with van der Waals surface area (Å²) < 4.78 is 68.4. The first-order valence-electron chi connectivity index (χ1n) is 33.7. The number of benzene rings is 4. The lowest BCUT2D eigenvalue weighted by atomic mass is 10.0. The Morgan fingerprint density at radius 2 is 0.827 bits per heavy atom. The van der Waals surface area contributed by atoms with E-state index in [0.717, 1.165) is 59.4 Å².